The molecule has 1 amide bonds. The summed E-state index contributed by atoms with van der Waals surface area (Å²) in [6, 6.07) is 5.65. The van der Waals surface area contributed by atoms with Gasteiger partial charge >= 0.3 is 6.36 Å². The average Bonchev–Trinajstić information content (AvgIpc) is 2.39. The lowest BCUT2D eigenvalue weighted by Crippen LogP contribution is -2.51. The molecule has 7 heteroatoms. The maximum atomic E-state index is 12.1. The summed E-state index contributed by atoms with van der Waals surface area (Å²) in [7, 11) is 0. The van der Waals surface area contributed by atoms with Crippen LogP contribution in [0.25, 0.3) is 0 Å². The van der Waals surface area contributed by atoms with Crippen LogP contribution in [0.15, 0.2) is 24.3 Å². The number of hydrogen-bond donors (Lipinski definition) is 1. The van der Waals surface area contributed by atoms with Gasteiger partial charge in [0.05, 0.1) is 6.42 Å². The highest BCUT2D eigenvalue weighted by Gasteiger charge is 2.31. The number of ether oxygens (including phenoxy) is 1. The van der Waals surface area contributed by atoms with Gasteiger partial charge in [-0.15, -0.1) is 13.2 Å². The number of alkyl halides is 3. The zero-order valence-electron chi connectivity index (χ0n) is 11.6. The number of nitrogens with one attached hydrogen (secondary N) is 1. The lowest BCUT2D eigenvalue weighted by Gasteiger charge is -2.32. The monoisotopic (exact) mass is 302 g/mol. The maximum absolute atomic E-state index is 12.1. The SMILES string of the molecule is C[C@@H]1CN(C(=O)Cc2ccc(OC(F)(F)F)cc2)CCN1. The van der Waals surface area contributed by atoms with Crippen molar-refractivity contribution in [2.75, 3.05) is 19.6 Å². The number of halogens is 3. The van der Waals surface area contributed by atoms with Crippen LogP contribution in [0.3, 0.4) is 0 Å². The Hall–Kier alpha value is -1.76. The van der Waals surface area contributed by atoms with Crippen LogP contribution >= 0.6 is 0 Å². The zero-order valence-corrected chi connectivity index (χ0v) is 11.6. The fraction of sp³-hybridized carbons (Fsp3) is 0.500. The molecule has 0 bridgehead atoms. The quantitative estimate of drug-likeness (QED) is 0.928. The summed E-state index contributed by atoms with van der Waals surface area (Å²) in [5.74, 6) is -0.303. The van der Waals surface area contributed by atoms with Crippen LogP contribution in [0.5, 0.6) is 5.75 Å². The molecule has 1 aromatic carbocycles. The fourth-order valence-corrected chi connectivity index (χ4v) is 2.25. The van der Waals surface area contributed by atoms with E-state index in [1.807, 2.05) is 6.92 Å². The Morgan fingerprint density at radius 3 is 2.62 bits per heavy atom. The standard InChI is InChI=1S/C14H17F3N2O2/c1-10-9-19(7-6-18-10)13(20)8-11-2-4-12(5-3-11)21-14(15,16)17/h2-5,10,18H,6-9H2,1H3/t10-/m1/s1. The number of rotatable bonds is 3. The third-order valence-electron chi connectivity index (χ3n) is 3.23. The van der Waals surface area contributed by atoms with Crippen molar-refractivity contribution < 1.29 is 22.7 Å². The fourth-order valence-electron chi connectivity index (χ4n) is 2.25. The van der Waals surface area contributed by atoms with Crippen molar-refractivity contribution in [3.05, 3.63) is 29.8 Å². The van der Waals surface area contributed by atoms with Gasteiger partial charge in [-0.3, -0.25) is 4.79 Å². The van der Waals surface area contributed by atoms with Crippen LogP contribution in [-0.2, 0) is 11.2 Å². The minimum atomic E-state index is -4.70. The molecule has 1 fully saturated rings. The Balaban J connectivity index is 1.92. The van der Waals surface area contributed by atoms with Crippen LogP contribution in [0.1, 0.15) is 12.5 Å². The van der Waals surface area contributed by atoms with Gasteiger partial charge in [0.2, 0.25) is 5.91 Å². The van der Waals surface area contributed by atoms with E-state index in [2.05, 4.69) is 10.1 Å². The number of carbonyl (C=O) groups excluding carboxylic acids is 1. The first-order chi connectivity index (χ1) is 9.83. The van der Waals surface area contributed by atoms with Gasteiger partial charge in [0, 0.05) is 25.7 Å². The Bertz CT molecular complexity index is 488. The summed E-state index contributed by atoms with van der Waals surface area (Å²) >= 11 is 0. The number of amides is 1. The van der Waals surface area contributed by atoms with Crippen LogP contribution in [0, 0.1) is 0 Å². The van der Waals surface area contributed by atoms with Gasteiger partial charge in [-0.2, -0.15) is 0 Å². The molecule has 0 aliphatic carbocycles. The molecule has 0 spiro atoms. The molecule has 1 N–H and O–H groups in total. The van der Waals surface area contributed by atoms with Gasteiger partial charge in [-0.25, -0.2) is 0 Å². The summed E-state index contributed by atoms with van der Waals surface area (Å²) in [4.78, 5) is 13.9. The molecule has 0 aromatic heterocycles. The third kappa shape index (κ3) is 4.93. The number of carbonyl (C=O) groups is 1. The van der Waals surface area contributed by atoms with Gasteiger partial charge in [0.1, 0.15) is 5.75 Å². The van der Waals surface area contributed by atoms with Crippen molar-refractivity contribution in [3.8, 4) is 5.75 Å². The van der Waals surface area contributed by atoms with E-state index in [0.717, 1.165) is 6.54 Å². The van der Waals surface area contributed by atoms with Crippen molar-refractivity contribution in [1.82, 2.24) is 10.2 Å². The lowest BCUT2D eigenvalue weighted by atomic mass is 10.1. The van der Waals surface area contributed by atoms with Crippen molar-refractivity contribution in [3.63, 3.8) is 0 Å². The van der Waals surface area contributed by atoms with E-state index in [4.69, 9.17) is 0 Å². The van der Waals surface area contributed by atoms with Gasteiger partial charge in [0.25, 0.3) is 0 Å². The molecular weight excluding hydrogens is 285 g/mol. The summed E-state index contributed by atoms with van der Waals surface area (Å²) in [5.41, 5.74) is 0.667. The number of nitrogens with zero attached hydrogens (tertiary/aromatic N) is 1. The third-order valence-corrected chi connectivity index (χ3v) is 3.23. The van der Waals surface area contributed by atoms with Crippen molar-refractivity contribution in [1.29, 1.82) is 0 Å². The Morgan fingerprint density at radius 1 is 1.38 bits per heavy atom. The highest BCUT2D eigenvalue weighted by Crippen LogP contribution is 2.23. The number of benzene rings is 1. The van der Waals surface area contributed by atoms with Crippen LogP contribution in [0.4, 0.5) is 13.2 Å². The van der Waals surface area contributed by atoms with E-state index in [1.165, 1.54) is 24.3 Å². The molecule has 2 rings (SSSR count). The predicted molar refractivity (Wildman–Crippen MR) is 70.9 cm³/mol. The summed E-state index contributed by atoms with van der Waals surface area (Å²) < 4.78 is 39.9. The van der Waals surface area contributed by atoms with Crippen LogP contribution < -0.4 is 10.1 Å². The Labute approximate surface area is 120 Å². The molecule has 116 valence electrons. The molecule has 1 saturated heterocycles. The molecule has 21 heavy (non-hydrogen) atoms. The highest BCUT2D eigenvalue weighted by molar-refractivity contribution is 5.79. The summed E-state index contributed by atoms with van der Waals surface area (Å²) in [5, 5.41) is 3.24. The second-order valence-corrected chi connectivity index (χ2v) is 5.06. The van der Waals surface area contributed by atoms with E-state index in [1.54, 1.807) is 4.90 Å². The molecule has 0 saturated carbocycles. The smallest absolute Gasteiger partial charge is 0.406 e. The lowest BCUT2D eigenvalue weighted by molar-refractivity contribution is -0.274. The first-order valence-corrected chi connectivity index (χ1v) is 6.69. The van der Waals surface area contributed by atoms with E-state index in [0.29, 0.717) is 18.7 Å². The molecule has 1 heterocycles. The van der Waals surface area contributed by atoms with E-state index in [-0.39, 0.29) is 24.1 Å². The molecule has 1 atom stereocenters. The summed E-state index contributed by atoms with van der Waals surface area (Å²) in [6.45, 7) is 4.06. The van der Waals surface area contributed by atoms with Crippen molar-refractivity contribution >= 4 is 5.91 Å². The largest absolute Gasteiger partial charge is 0.573 e. The van der Waals surface area contributed by atoms with Crippen LogP contribution in [-0.4, -0.2) is 42.8 Å². The molecule has 1 aromatic rings. The van der Waals surface area contributed by atoms with Gasteiger partial charge in [-0.05, 0) is 24.6 Å². The van der Waals surface area contributed by atoms with Crippen molar-refractivity contribution in [2.45, 2.75) is 25.7 Å². The van der Waals surface area contributed by atoms with Gasteiger partial charge in [-0.1, -0.05) is 12.1 Å². The van der Waals surface area contributed by atoms with Gasteiger partial charge in [0.15, 0.2) is 0 Å². The van der Waals surface area contributed by atoms with E-state index < -0.39 is 6.36 Å². The van der Waals surface area contributed by atoms with Crippen LogP contribution in [0.2, 0.25) is 0 Å². The average molecular weight is 302 g/mol. The number of hydrogen-bond acceptors (Lipinski definition) is 3. The predicted octanol–water partition coefficient (Wildman–Crippen LogP) is 1.95. The molecule has 0 radical (unpaired) electrons. The Kier molecular flexibility index (Phi) is 4.72. The maximum Gasteiger partial charge on any atom is 0.573 e. The van der Waals surface area contributed by atoms with E-state index >= 15 is 0 Å². The van der Waals surface area contributed by atoms with E-state index in [9.17, 15) is 18.0 Å². The Morgan fingerprint density at radius 2 is 2.05 bits per heavy atom. The number of piperazine rings is 1. The zero-order chi connectivity index (χ0) is 15.5. The minimum Gasteiger partial charge on any atom is -0.406 e. The molecule has 4 nitrogen and oxygen atoms in total. The molecule has 0 unspecified atom stereocenters. The molecule has 1 aliphatic heterocycles. The normalized spacial score (nSPS) is 19.4. The topological polar surface area (TPSA) is 41.6 Å². The summed E-state index contributed by atoms with van der Waals surface area (Å²) in [6.07, 6.45) is -4.52. The second kappa shape index (κ2) is 6.34. The molecule has 1 aliphatic rings. The second-order valence-electron chi connectivity index (χ2n) is 5.06. The van der Waals surface area contributed by atoms with Gasteiger partial charge < -0.3 is 15.0 Å². The first-order valence-electron chi connectivity index (χ1n) is 6.69. The molecular formula is C14H17F3N2O2. The first kappa shape index (κ1) is 15.6. The minimum absolute atomic E-state index is 0.0205. The highest BCUT2D eigenvalue weighted by atomic mass is 19.4. The van der Waals surface area contributed by atoms with Crippen molar-refractivity contribution in [2.24, 2.45) is 0 Å².